The van der Waals surface area contributed by atoms with Gasteiger partial charge in [-0.15, -0.1) is 0 Å². The molecule has 0 atom stereocenters. The van der Waals surface area contributed by atoms with E-state index in [-0.39, 0.29) is 5.76 Å². The molecule has 0 amide bonds. The van der Waals surface area contributed by atoms with Crippen molar-refractivity contribution in [2.75, 3.05) is 0 Å². The van der Waals surface area contributed by atoms with Crippen molar-refractivity contribution in [3.8, 4) is 0 Å². The molecule has 0 unspecified atom stereocenters. The summed E-state index contributed by atoms with van der Waals surface area (Å²) < 4.78 is 6.90. The molecule has 0 saturated heterocycles. The largest absolute Gasteiger partial charge is 0.419 e. The lowest BCUT2D eigenvalue weighted by Crippen LogP contribution is -2.13. The first-order valence-electron chi connectivity index (χ1n) is 6.58. The third-order valence-corrected chi connectivity index (χ3v) is 3.17. The second-order valence-corrected chi connectivity index (χ2v) is 4.74. The molecular formula is C17H15NO2. The minimum atomic E-state index is -0.306. The molecule has 0 bridgehead atoms. The molecule has 0 saturated carbocycles. The topological polar surface area (TPSA) is 35.1 Å². The van der Waals surface area contributed by atoms with E-state index in [0.717, 1.165) is 11.1 Å². The number of nitrogens with zero attached hydrogens (tertiary/aromatic N) is 1. The van der Waals surface area contributed by atoms with Crippen LogP contribution in [0.25, 0.3) is 0 Å². The van der Waals surface area contributed by atoms with Crippen LogP contribution in [0.15, 0.2) is 76.1 Å². The summed E-state index contributed by atoms with van der Waals surface area (Å²) in [5.74, 6) is 0.386. The van der Waals surface area contributed by atoms with Crippen LogP contribution in [0.3, 0.4) is 0 Å². The van der Waals surface area contributed by atoms with E-state index in [9.17, 15) is 4.79 Å². The van der Waals surface area contributed by atoms with Gasteiger partial charge in [-0.25, -0.2) is 4.79 Å². The molecule has 0 fully saturated rings. The van der Waals surface area contributed by atoms with Crippen LogP contribution in [0, 0.1) is 0 Å². The van der Waals surface area contributed by atoms with Crippen LogP contribution in [0.4, 0.5) is 0 Å². The van der Waals surface area contributed by atoms with Gasteiger partial charge in [0.05, 0.1) is 6.54 Å². The van der Waals surface area contributed by atoms with Crippen LogP contribution in [0.5, 0.6) is 0 Å². The maximum atomic E-state index is 11.8. The monoisotopic (exact) mass is 265 g/mol. The molecular weight excluding hydrogens is 250 g/mol. The van der Waals surface area contributed by atoms with Crippen LogP contribution < -0.4 is 5.76 Å². The Morgan fingerprint density at radius 1 is 0.850 bits per heavy atom. The summed E-state index contributed by atoms with van der Waals surface area (Å²) in [6.45, 7) is 0.540. The highest BCUT2D eigenvalue weighted by molar-refractivity contribution is 5.20. The fourth-order valence-electron chi connectivity index (χ4n) is 2.19. The van der Waals surface area contributed by atoms with Gasteiger partial charge in [-0.1, -0.05) is 60.7 Å². The Balaban J connectivity index is 1.79. The van der Waals surface area contributed by atoms with Crippen molar-refractivity contribution in [1.29, 1.82) is 0 Å². The average Bonchev–Trinajstić information content (AvgIpc) is 2.81. The summed E-state index contributed by atoms with van der Waals surface area (Å²) in [6.07, 6.45) is 2.43. The van der Waals surface area contributed by atoms with Crippen molar-refractivity contribution in [1.82, 2.24) is 4.57 Å². The van der Waals surface area contributed by atoms with Gasteiger partial charge < -0.3 is 4.42 Å². The molecule has 3 heteroatoms. The van der Waals surface area contributed by atoms with Crippen LogP contribution in [0.1, 0.15) is 16.9 Å². The summed E-state index contributed by atoms with van der Waals surface area (Å²) in [7, 11) is 0. The van der Waals surface area contributed by atoms with E-state index in [2.05, 4.69) is 0 Å². The van der Waals surface area contributed by atoms with Crippen molar-refractivity contribution < 1.29 is 4.42 Å². The van der Waals surface area contributed by atoms with E-state index in [1.807, 2.05) is 60.7 Å². The van der Waals surface area contributed by atoms with Gasteiger partial charge in [0.2, 0.25) is 0 Å². The number of hydrogen-bond donors (Lipinski definition) is 0. The summed E-state index contributed by atoms with van der Waals surface area (Å²) in [4.78, 5) is 11.8. The fraction of sp³-hybridized carbons (Fsp3) is 0.118. The van der Waals surface area contributed by atoms with E-state index >= 15 is 0 Å². The predicted molar refractivity (Wildman–Crippen MR) is 77.8 cm³/mol. The van der Waals surface area contributed by atoms with Crippen LogP contribution in [-0.2, 0) is 13.0 Å². The number of oxazole rings is 1. The smallest absolute Gasteiger partial charge is 0.413 e. The molecule has 100 valence electrons. The summed E-state index contributed by atoms with van der Waals surface area (Å²) >= 11 is 0. The minimum absolute atomic E-state index is 0.306. The van der Waals surface area contributed by atoms with Crippen molar-refractivity contribution in [3.05, 3.63) is 94.3 Å². The van der Waals surface area contributed by atoms with Gasteiger partial charge in [0.1, 0.15) is 5.76 Å². The Morgan fingerprint density at radius 3 is 2.10 bits per heavy atom. The zero-order chi connectivity index (χ0) is 13.8. The standard InChI is InChI=1S/C17H15NO2/c19-17-18(12-15-9-5-2-6-10-15)13-16(20-17)11-14-7-3-1-4-8-14/h1-10,13H,11-12H2. The minimum Gasteiger partial charge on any atom is -0.413 e. The lowest BCUT2D eigenvalue weighted by atomic mass is 10.1. The van der Waals surface area contributed by atoms with E-state index < -0.39 is 0 Å². The van der Waals surface area contributed by atoms with Gasteiger partial charge in [0, 0.05) is 12.6 Å². The molecule has 0 aliphatic rings. The van der Waals surface area contributed by atoms with Crippen molar-refractivity contribution >= 4 is 0 Å². The number of aromatic nitrogens is 1. The predicted octanol–water partition coefficient (Wildman–Crippen LogP) is 3.08. The quantitative estimate of drug-likeness (QED) is 0.726. The number of rotatable bonds is 4. The maximum absolute atomic E-state index is 11.8. The second-order valence-electron chi connectivity index (χ2n) is 4.74. The molecule has 20 heavy (non-hydrogen) atoms. The SMILES string of the molecule is O=c1oc(Cc2ccccc2)cn1Cc1ccccc1. The summed E-state index contributed by atoms with van der Waals surface area (Å²) in [5.41, 5.74) is 2.22. The fourth-order valence-corrected chi connectivity index (χ4v) is 2.19. The summed E-state index contributed by atoms with van der Waals surface area (Å²) in [6, 6.07) is 19.9. The first kappa shape index (κ1) is 12.5. The zero-order valence-electron chi connectivity index (χ0n) is 11.0. The van der Waals surface area contributed by atoms with Crippen LogP contribution in [0.2, 0.25) is 0 Å². The molecule has 3 aromatic rings. The average molecular weight is 265 g/mol. The first-order chi connectivity index (χ1) is 9.81. The zero-order valence-corrected chi connectivity index (χ0v) is 11.0. The molecule has 3 nitrogen and oxygen atoms in total. The van der Waals surface area contributed by atoms with Crippen molar-refractivity contribution in [2.45, 2.75) is 13.0 Å². The highest BCUT2D eigenvalue weighted by atomic mass is 16.4. The highest BCUT2D eigenvalue weighted by Gasteiger charge is 2.07. The normalized spacial score (nSPS) is 10.6. The maximum Gasteiger partial charge on any atom is 0.419 e. The third-order valence-electron chi connectivity index (χ3n) is 3.17. The van der Waals surface area contributed by atoms with E-state index in [0.29, 0.717) is 18.7 Å². The van der Waals surface area contributed by atoms with Gasteiger partial charge in [0.25, 0.3) is 0 Å². The molecule has 0 radical (unpaired) electrons. The molecule has 3 rings (SSSR count). The lowest BCUT2D eigenvalue weighted by Gasteiger charge is -1.99. The third kappa shape index (κ3) is 2.88. The molecule has 1 aromatic heterocycles. The van der Waals surface area contributed by atoms with Gasteiger partial charge in [-0.3, -0.25) is 4.57 Å². The van der Waals surface area contributed by atoms with Gasteiger partial charge in [-0.2, -0.15) is 0 Å². The molecule has 0 aliphatic carbocycles. The Kier molecular flexibility index (Phi) is 3.50. The highest BCUT2D eigenvalue weighted by Crippen LogP contribution is 2.09. The summed E-state index contributed by atoms with van der Waals surface area (Å²) in [5, 5.41) is 0. The Bertz CT molecular complexity index is 726. The molecule has 0 N–H and O–H groups in total. The number of hydrogen-bond acceptors (Lipinski definition) is 2. The van der Waals surface area contributed by atoms with Gasteiger partial charge in [-0.05, 0) is 11.1 Å². The molecule has 1 heterocycles. The van der Waals surface area contributed by atoms with Crippen LogP contribution >= 0.6 is 0 Å². The molecule has 2 aromatic carbocycles. The van der Waals surface area contributed by atoms with Crippen molar-refractivity contribution in [2.24, 2.45) is 0 Å². The van der Waals surface area contributed by atoms with E-state index in [1.54, 1.807) is 10.8 Å². The molecule has 0 spiro atoms. The Morgan fingerprint density at radius 2 is 1.45 bits per heavy atom. The lowest BCUT2D eigenvalue weighted by molar-refractivity contribution is 0.457. The number of benzene rings is 2. The Labute approximate surface area is 117 Å². The van der Waals surface area contributed by atoms with Crippen molar-refractivity contribution in [3.63, 3.8) is 0 Å². The van der Waals surface area contributed by atoms with E-state index in [1.165, 1.54) is 0 Å². The Hall–Kier alpha value is -2.55. The molecule has 0 aliphatic heterocycles. The second kappa shape index (κ2) is 5.61. The van der Waals surface area contributed by atoms with Gasteiger partial charge in [0.15, 0.2) is 0 Å². The van der Waals surface area contributed by atoms with E-state index in [4.69, 9.17) is 4.42 Å². The first-order valence-corrected chi connectivity index (χ1v) is 6.58. The van der Waals surface area contributed by atoms with Gasteiger partial charge >= 0.3 is 5.76 Å². The van der Waals surface area contributed by atoms with Crippen LogP contribution in [-0.4, -0.2) is 4.57 Å².